The van der Waals surface area contributed by atoms with Gasteiger partial charge in [0.25, 0.3) is 0 Å². The maximum Gasteiger partial charge on any atom is 0.326 e. The number of para-hydroxylation sites is 2. The molecule has 1 N–H and O–H groups in total. The number of urea groups is 1. The predicted molar refractivity (Wildman–Crippen MR) is 95.5 cm³/mol. The van der Waals surface area contributed by atoms with Crippen molar-refractivity contribution in [3.63, 3.8) is 0 Å². The normalized spacial score (nSPS) is 16.1. The number of amides is 2. The van der Waals surface area contributed by atoms with Gasteiger partial charge in [-0.05, 0) is 36.8 Å². The Morgan fingerprint density at radius 2 is 2.17 bits per heavy atom. The van der Waals surface area contributed by atoms with Crippen LogP contribution in [0, 0.1) is 0 Å². The van der Waals surface area contributed by atoms with Gasteiger partial charge in [-0.1, -0.05) is 30.7 Å². The highest BCUT2D eigenvalue weighted by Gasteiger charge is 2.29. The third-order valence-electron chi connectivity index (χ3n) is 3.94. The van der Waals surface area contributed by atoms with Gasteiger partial charge in [-0.15, -0.1) is 0 Å². The van der Waals surface area contributed by atoms with Gasteiger partial charge in [0, 0.05) is 5.02 Å². The highest BCUT2D eigenvalue weighted by Crippen LogP contribution is 2.35. The Bertz CT molecular complexity index is 751. The van der Waals surface area contributed by atoms with Crippen LogP contribution in [0.2, 0.25) is 5.02 Å². The number of nitrogens with zero attached hydrogens (tertiary/aromatic N) is 1. The number of ether oxygens (including phenoxy) is 2. The average molecular weight is 347 g/mol. The molecule has 0 unspecified atom stereocenters. The van der Waals surface area contributed by atoms with Crippen molar-refractivity contribution in [2.24, 2.45) is 0 Å². The molecule has 3 rings (SSSR count). The molecule has 1 aliphatic heterocycles. The first-order chi connectivity index (χ1) is 11.6. The van der Waals surface area contributed by atoms with Gasteiger partial charge in [-0.2, -0.15) is 0 Å². The third-order valence-corrected chi connectivity index (χ3v) is 4.17. The van der Waals surface area contributed by atoms with E-state index in [-0.39, 0.29) is 12.1 Å². The molecule has 0 aromatic heterocycles. The van der Waals surface area contributed by atoms with Crippen LogP contribution in [-0.4, -0.2) is 25.8 Å². The van der Waals surface area contributed by atoms with Gasteiger partial charge in [0.2, 0.25) is 0 Å². The van der Waals surface area contributed by atoms with E-state index < -0.39 is 0 Å². The van der Waals surface area contributed by atoms with E-state index in [0.29, 0.717) is 28.8 Å². The Hall–Kier alpha value is -2.40. The molecule has 2 aromatic carbocycles. The molecule has 0 fully saturated rings. The fraction of sp³-hybridized carbons (Fsp3) is 0.278. The Morgan fingerprint density at radius 1 is 1.38 bits per heavy atom. The number of methoxy groups -OCH3 is 1. The van der Waals surface area contributed by atoms with Crippen LogP contribution in [0.4, 0.5) is 16.2 Å². The number of benzene rings is 2. The van der Waals surface area contributed by atoms with E-state index >= 15 is 0 Å². The van der Waals surface area contributed by atoms with Crippen LogP contribution in [0.15, 0.2) is 42.5 Å². The SMILES string of the molecule is CC[C@@H]1CN(C(=O)Nc2cc(Cl)ccc2OC)c2ccccc2O1. The van der Waals surface area contributed by atoms with E-state index in [1.807, 2.05) is 31.2 Å². The molecule has 1 heterocycles. The number of halogens is 1. The molecule has 6 heteroatoms. The molecule has 0 radical (unpaired) electrons. The van der Waals surface area contributed by atoms with Crippen LogP contribution in [-0.2, 0) is 0 Å². The minimum atomic E-state index is -0.246. The van der Waals surface area contributed by atoms with Crippen molar-refractivity contribution in [2.75, 3.05) is 23.9 Å². The topological polar surface area (TPSA) is 50.8 Å². The maximum absolute atomic E-state index is 12.8. The van der Waals surface area contributed by atoms with E-state index in [4.69, 9.17) is 21.1 Å². The van der Waals surface area contributed by atoms with E-state index in [2.05, 4.69) is 5.32 Å². The largest absolute Gasteiger partial charge is 0.495 e. The summed E-state index contributed by atoms with van der Waals surface area (Å²) >= 11 is 6.03. The lowest BCUT2D eigenvalue weighted by atomic mass is 10.1. The number of carbonyl (C=O) groups is 1. The zero-order chi connectivity index (χ0) is 17.1. The van der Waals surface area contributed by atoms with Crippen molar-refractivity contribution < 1.29 is 14.3 Å². The van der Waals surface area contributed by atoms with Gasteiger partial charge >= 0.3 is 6.03 Å². The second-order valence-corrected chi connectivity index (χ2v) is 5.94. The number of carbonyl (C=O) groups excluding carboxylic acids is 1. The lowest BCUT2D eigenvalue weighted by molar-refractivity contribution is 0.188. The summed E-state index contributed by atoms with van der Waals surface area (Å²) in [6.07, 6.45) is 0.783. The summed E-state index contributed by atoms with van der Waals surface area (Å²) in [5.74, 6) is 1.27. The molecule has 126 valence electrons. The quantitative estimate of drug-likeness (QED) is 0.886. The Labute approximate surface area is 146 Å². The van der Waals surface area contributed by atoms with Crippen molar-refractivity contribution >= 4 is 29.0 Å². The molecule has 0 spiro atoms. The number of nitrogens with one attached hydrogen (secondary N) is 1. The van der Waals surface area contributed by atoms with Gasteiger partial charge < -0.3 is 14.8 Å². The molecule has 0 saturated carbocycles. The zero-order valence-corrected chi connectivity index (χ0v) is 14.3. The standard InChI is InChI=1S/C18H19ClN2O3/c1-3-13-11-21(15-6-4-5-7-17(15)24-13)18(22)20-14-10-12(19)8-9-16(14)23-2/h4-10,13H,3,11H2,1-2H3,(H,20,22)/t13-/m1/s1. The minimum absolute atomic E-state index is 0.0353. The van der Waals surface area contributed by atoms with Crippen LogP contribution in [0.1, 0.15) is 13.3 Å². The molecule has 0 bridgehead atoms. The highest BCUT2D eigenvalue weighted by atomic mass is 35.5. The van der Waals surface area contributed by atoms with Gasteiger partial charge in [0.15, 0.2) is 0 Å². The third kappa shape index (κ3) is 3.26. The number of fused-ring (bicyclic) bond motifs is 1. The average Bonchev–Trinajstić information content (AvgIpc) is 2.60. The van der Waals surface area contributed by atoms with E-state index in [0.717, 1.165) is 12.1 Å². The fourth-order valence-electron chi connectivity index (χ4n) is 2.66. The molecule has 0 saturated heterocycles. The van der Waals surface area contributed by atoms with E-state index in [1.165, 1.54) is 0 Å². The van der Waals surface area contributed by atoms with Crippen molar-refractivity contribution in [3.05, 3.63) is 47.5 Å². The Balaban J connectivity index is 1.88. The minimum Gasteiger partial charge on any atom is -0.495 e. The molecular weight excluding hydrogens is 328 g/mol. The second-order valence-electron chi connectivity index (χ2n) is 5.50. The van der Waals surface area contributed by atoms with E-state index in [9.17, 15) is 4.79 Å². The van der Waals surface area contributed by atoms with Gasteiger partial charge in [-0.25, -0.2) is 4.79 Å². The molecule has 2 amide bonds. The second kappa shape index (κ2) is 7.01. The number of anilines is 2. The summed E-state index contributed by atoms with van der Waals surface area (Å²) in [5, 5.41) is 3.41. The summed E-state index contributed by atoms with van der Waals surface area (Å²) in [5.41, 5.74) is 1.28. The summed E-state index contributed by atoms with van der Waals surface area (Å²) in [6.45, 7) is 2.52. The van der Waals surface area contributed by atoms with Crippen molar-refractivity contribution in [1.29, 1.82) is 0 Å². The van der Waals surface area contributed by atoms with Crippen molar-refractivity contribution in [2.45, 2.75) is 19.4 Å². The highest BCUT2D eigenvalue weighted by molar-refractivity contribution is 6.31. The zero-order valence-electron chi connectivity index (χ0n) is 13.6. The number of rotatable bonds is 3. The number of hydrogen-bond donors (Lipinski definition) is 1. The monoisotopic (exact) mass is 346 g/mol. The van der Waals surface area contributed by atoms with Gasteiger partial charge in [0.1, 0.15) is 17.6 Å². The molecule has 1 aliphatic rings. The first-order valence-corrected chi connectivity index (χ1v) is 8.18. The van der Waals surface area contributed by atoms with Crippen molar-refractivity contribution in [3.8, 4) is 11.5 Å². The summed E-state index contributed by atoms with van der Waals surface area (Å²) in [6, 6.07) is 12.4. The summed E-state index contributed by atoms with van der Waals surface area (Å²) in [7, 11) is 1.55. The summed E-state index contributed by atoms with van der Waals surface area (Å²) < 4.78 is 11.2. The molecule has 2 aromatic rings. The smallest absolute Gasteiger partial charge is 0.326 e. The first kappa shape index (κ1) is 16.5. The van der Waals surface area contributed by atoms with Crippen LogP contribution in [0.5, 0.6) is 11.5 Å². The lowest BCUT2D eigenvalue weighted by Crippen LogP contribution is -2.45. The van der Waals surface area contributed by atoms with Crippen LogP contribution < -0.4 is 19.7 Å². The van der Waals surface area contributed by atoms with Gasteiger partial charge in [-0.3, -0.25) is 4.90 Å². The Morgan fingerprint density at radius 3 is 2.92 bits per heavy atom. The van der Waals surface area contributed by atoms with Crippen LogP contribution in [0.25, 0.3) is 0 Å². The summed E-state index contributed by atoms with van der Waals surface area (Å²) in [4.78, 5) is 14.5. The molecule has 24 heavy (non-hydrogen) atoms. The Kier molecular flexibility index (Phi) is 4.81. The molecular formula is C18H19ClN2O3. The predicted octanol–water partition coefficient (Wildman–Crippen LogP) is 4.56. The van der Waals surface area contributed by atoms with E-state index in [1.54, 1.807) is 30.2 Å². The molecule has 0 aliphatic carbocycles. The first-order valence-electron chi connectivity index (χ1n) is 7.80. The van der Waals surface area contributed by atoms with Crippen LogP contribution in [0.3, 0.4) is 0 Å². The lowest BCUT2D eigenvalue weighted by Gasteiger charge is -2.34. The number of hydrogen-bond acceptors (Lipinski definition) is 3. The molecule has 1 atom stereocenters. The van der Waals surface area contributed by atoms with Crippen molar-refractivity contribution in [1.82, 2.24) is 0 Å². The fourth-order valence-corrected chi connectivity index (χ4v) is 2.84. The molecule has 5 nitrogen and oxygen atoms in total. The maximum atomic E-state index is 12.8. The van der Waals surface area contributed by atoms with Gasteiger partial charge in [0.05, 0.1) is 25.0 Å². The van der Waals surface area contributed by atoms with Crippen LogP contribution >= 0.6 is 11.6 Å².